The van der Waals surface area contributed by atoms with Gasteiger partial charge in [-0.1, -0.05) is 0 Å². The Bertz CT molecular complexity index is 680. The van der Waals surface area contributed by atoms with E-state index in [1.807, 2.05) is 13.8 Å². The van der Waals surface area contributed by atoms with Crippen molar-refractivity contribution in [3.8, 4) is 0 Å². The third kappa shape index (κ3) is 2.38. The van der Waals surface area contributed by atoms with Gasteiger partial charge < -0.3 is 9.64 Å². The van der Waals surface area contributed by atoms with Gasteiger partial charge >= 0.3 is 5.69 Å². The van der Waals surface area contributed by atoms with Crippen molar-refractivity contribution in [3.05, 3.63) is 22.9 Å². The zero-order valence-electron chi connectivity index (χ0n) is 11.3. The van der Waals surface area contributed by atoms with Gasteiger partial charge in [-0.05, 0) is 13.8 Å². The van der Waals surface area contributed by atoms with Gasteiger partial charge in [0.25, 0.3) is 0 Å². The lowest BCUT2D eigenvalue weighted by atomic mass is 10.1. The summed E-state index contributed by atoms with van der Waals surface area (Å²) in [6, 6.07) is 1.78. The Morgan fingerprint density at radius 3 is 3.15 bits per heavy atom. The Balaban J connectivity index is 1.95. The van der Waals surface area contributed by atoms with Crippen LogP contribution in [0, 0.1) is 0 Å². The maximum atomic E-state index is 11.4. The van der Waals surface area contributed by atoms with Crippen molar-refractivity contribution in [3.63, 3.8) is 0 Å². The van der Waals surface area contributed by atoms with E-state index >= 15 is 0 Å². The molecule has 20 heavy (non-hydrogen) atoms. The number of aromatic amines is 1. The molecule has 1 N–H and O–H groups in total. The predicted molar refractivity (Wildman–Crippen MR) is 75.5 cm³/mol. The van der Waals surface area contributed by atoms with Crippen molar-refractivity contribution in [2.24, 2.45) is 0 Å². The SMILES string of the molecule is CC1(C)CN(c2cc3n[nH]c(=O)n3cn2)CC(CCl)O1. The van der Waals surface area contributed by atoms with Crippen LogP contribution in [0.25, 0.3) is 5.65 Å². The van der Waals surface area contributed by atoms with E-state index in [9.17, 15) is 4.79 Å². The molecule has 1 fully saturated rings. The number of hydrogen-bond acceptors (Lipinski definition) is 5. The highest BCUT2D eigenvalue weighted by Crippen LogP contribution is 2.25. The zero-order valence-corrected chi connectivity index (χ0v) is 12.1. The van der Waals surface area contributed by atoms with Gasteiger partial charge in [0.2, 0.25) is 0 Å². The fourth-order valence-electron chi connectivity index (χ4n) is 2.52. The number of ether oxygens (including phenoxy) is 1. The van der Waals surface area contributed by atoms with Gasteiger partial charge in [-0.15, -0.1) is 11.6 Å². The lowest BCUT2D eigenvalue weighted by Crippen LogP contribution is -2.53. The maximum Gasteiger partial charge on any atom is 0.348 e. The van der Waals surface area contributed by atoms with Crippen molar-refractivity contribution in [2.45, 2.75) is 25.6 Å². The average molecular weight is 298 g/mol. The van der Waals surface area contributed by atoms with Crippen molar-refractivity contribution in [2.75, 3.05) is 23.9 Å². The molecule has 3 rings (SSSR count). The number of morpholine rings is 1. The molecule has 1 atom stereocenters. The van der Waals surface area contributed by atoms with Gasteiger partial charge in [0, 0.05) is 19.2 Å². The largest absolute Gasteiger partial charge is 0.367 e. The third-order valence-corrected chi connectivity index (χ3v) is 3.62. The molecular formula is C12H16ClN5O2. The number of anilines is 1. The van der Waals surface area contributed by atoms with Crippen LogP contribution >= 0.6 is 11.6 Å². The standard InChI is InChI=1S/C12H16ClN5O2/c1-12(2)6-17(5-8(4-13)20-12)9-3-10-15-16-11(19)18(10)7-14-9/h3,7-8H,4-6H2,1-2H3,(H,16,19). The summed E-state index contributed by atoms with van der Waals surface area (Å²) in [5, 5.41) is 6.35. The Morgan fingerprint density at radius 1 is 1.60 bits per heavy atom. The van der Waals surface area contributed by atoms with Gasteiger partial charge in [0.15, 0.2) is 5.65 Å². The van der Waals surface area contributed by atoms with Crippen molar-refractivity contribution in [1.82, 2.24) is 19.6 Å². The molecule has 1 saturated heterocycles. The van der Waals surface area contributed by atoms with Crippen LogP contribution in [0.3, 0.4) is 0 Å². The van der Waals surface area contributed by atoms with Crippen LogP contribution in [-0.2, 0) is 4.74 Å². The molecule has 0 aliphatic carbocycles. The second kappa shape index (κ2) is 4.75. The topological polar surface area (TPSA) is 75.5 Å². The van der Waals surface area contributed by atoms with E-state index in [0.717, 1.165) is 5.82 Å². The summed E-state index contributed by atoms with van der Waals surface area (Å²) in [5.74, 6) is 1.20. The first-order chi connectivity index (χ1) is 9.48. The van der Waals surface area contributed by atoms with E-state index in [-0.39, 0.29) is 17.4 Å². The molecule has 3 heterocycles. The van der Waals surface area contributed by atoms with E-state index in [4.69, 9.17) is 16.3 Å². The number of hydrogen-bond donors (Lipinski definition) is 1. The molecule has 0 bridgehead atoms. The first-order valence-corrected chi connectivity index (χ1v) is 6.93. The fraction of sp³-hybridized carbons (Fsp3) is 0.583. The highest BCUT2D eigenvalue weighted by Gasteiger charge is 2.33. The number of fused-ring (bicyclic) bond motifs is 1. The molecule has 1 aliphatic heterocycles. The molecule has 0 amide bonds. The van der Waals surface area contributed by atoms with Crippen molar-refractivity contribution < 1.29 is 4.74 Å². The van der Waals surface area contributed by atoms with E-state index in [0.29, 0.717) is 24.6 Å². The van der Waals surface area contributed by atoms with Gasteiger partial charge in [-0.25, -0.2) is 19.3 Å². The van der Waals surface area contributed by atoms with E-state index in [2.05, 4.69) is 20.1 Å². The quantitative estimate of drug-likeness (QED) is 0.823. The molecule has 0 radical (unpaired) electrons. The summed E-state index contributed by atoms with van der Waals surface area (Å²) in [6.07, 6.45) is 1.44. The summed E-state index contributed by atoms with van der Waals surface area (Å²) >= 11 is 5.92. The van der Waals surface area contributed by atoms with Gasteiger partial charge in [-0.3, -0.25) is 0 Å². The Hall–Kier alpha value is -1.60. The van der Waals surface area contributed by atoms with Crippen LogP contribution in [0.1, 0.15) is 13.8 Å². The van der Waals surface area contributed by atoms with Crippen LogP contribution in [0.4, 0.5) is 5.82 Å². The van der Waals surface area contributed by atoms with Crippen molar-refractivity contribution >= 4 is 23.1 Å². The molecule has 1 aliphatic rings. The second-order valence-electron chi connectivity index (χ2n) is 5.54. The predicted octanol–water partition coefficient (Wildman–Crippen LogP) is 0.640. The van der Waals surface area contributed by atoms with Crippen LogP contribution in [0.5, 0.6) is 0 Å². The number of nitrogens with zero attached hydrogens (tertiary/aromatic N) is 4. The number of halogens is 1. The number of rotatable bonds is 2. The molecule has 0 saturated carbocycles. The molecule has 0 aromatic carbocycles. The lowest BCUT2D eigenvalue weighted by Gasteiger charge is -2.42. The lowest BCUT2D eigenvalue weighted by molar-refractivity contribution is -0.0736. The number of alkyl halides is 1. The van der Waals surface area contributed by atoms with Crippen LogP contribution in [-0.4, -0.2) is 50.3 Å². The normalized spacial score (nSPS) is 22.4. The molecule has 1 unspecified atom stereocenters. The van der Waals surface area contributed by atoms with E-state index in [1.54, 1.807) is 6.07 Å². The van der Waals surface area contributed by atoms with Crippen LogP contribution < -0.4 is 10.6 Å². The average Bonchev–Trinajstić information content (AvgIpc) is 2.78. The minimum absolute atomic E-state index is 0.0418. The Labute approximate surface area is 120 Å². The highest BCUT2D eigenvalue weighted by molar-refractivity contribution is 6.18. The number of H-pyrrole nitrogens is 1. The summed E-state index contributed by atoms with van der Waals surface area (Å²) in [7, 11) is 0. The first kappa shape index (κ1) is 13.4. The zero-order chi connectivity index (χ0) is 14.3. The molecule has 0 spiro atoms. The number of aromatic nitrogens is 4. The number of nitrogens with one attached hydrogen (secondary N) is 1. The first-order valence-electron chi connectivity index (χ1n) is 6.40. The van der Waals surface area contributed by atoms with Gasteiger partial charge in [0.05, 0.1) is 17.6 Å². The highest BCUT2D eigenvalue weighted by atomic mass is 35.5. The summed E-state index contributed by atoms with van der Waals surface area (Å²) in [6.45, 7) is 5.43. The maximum absolute atomic E-state index is 11.4. The van der Waals surface area contributed by atoms with Crippen molar-refractivity contribution in [1.29, 1.82) is 0 Å². The fourth-order valence-corrected chi connectivity index (χ4v) is 2.68. The van der Waals surface area contributed by atoms with E-state index < -0.39 is 0 Å². The third-order valence-electron chi connectivity index (χ3n) is 3.27. The molecular weight excluding hydrogens is 282 g/mol. The smallest absolute Gasteiger partial charge is 0.348 e. The Morgan fingerprint density at radius 2 is 2.40 bits per heavy atom. The summed E-state index contributed by atoms with van der Waals surface area (Å²) in [5.41, 5.74) is -0.0386. The summed E-state index contributed by atoms with van der Waals surface area (Å²) < 4.78 is 7.26. The van der Waals surface area contributed by atoms with Crippen LogP contribution in [0.15, 0.2) is 17.2 Å². The molecule has 8 heteroatoms. The van der Waals surface area contributed by atoms with E-state index in [1.165, 1.54) is 10.7 Å². The van der Waals surface area contributed by atoms with Gasteiger partial charge in [0.1, 0.15) is 12.1 Å². The monoisotopic (exact) mass is 297 g/mol. The molecule has 2 aromatic rings. The molecule has 108 valence electrons. The minimum atomic E-state index is -0.295. The molecule has 2 aromatic heterocycles. The van der Waals surface area contributed by atoms with Gasteiger partial charge in [-0.2, -0.15) is 5.10 Å². The van der Waals surface area contributed by atoms with Crippen LogP contribution in [0.2, 0.25) is 0 Å². The second-order valence-corrected chi connectivity index (χ2v) is 5.85. The molecule has 7 nitrogen and oxygen atoms in total. The Kier molecular flexibility index (Phi) is 3.18. The minimum Gasteiger partial charge on any atom is -0.367 e. The summed E-state index contributed by atoms with van der Waals surface area (Å²) in [4.78, 5) is 17.9.